The first kappa shape index (κ1) is 32.4. The first-order chi connectivity index (χ1) is 19.7. The van der Waals surface area contributed by atoms with Crippen LogP contribution in [0.1, 0.15) is 31.9 Å². The number of rotatable bonds is 12. The molecule has 0 bridgehead atoms. The van der Waals surface area contributed by atoms with Crippen LogP contribution in [0.3, 0.4) is 0 Å². The summed E-state index contributed by atoms with van der Waals surface area (Å²) in [6.07, 6.45) is 1.10. The van der Waals surface area contributed by atoms with Crippen LogP contribution in [0.4, 0.5) is 10.1 Å². The highest BCUT2D eigenvalue weighted by Crippen LogP contribution is 2.32. The molecular weight excluding hydrogens is 561 g/mol. The molecule has 0 aliphatic carbocycles. The third-order valence-corrected chi connectivity index (χ3v) is 7.54. The zero-order valence-electron chi connectivity index (χ0n) is 24.8. The minimum atomic E-state index is -3.99. The molecule has 0 saturated heterocycles. The molecule has 0 fully saturated rings. The number of hydrogen-bond acceptors (Lipinski definition) is 6. The van der Waals surface area contributed by atoms with Crippen LogP contribution < -0.4 is 19.1 Å². The van der Waals surface area contributed by atoms with E-state index in [9.17, 15) is 22.4 Å². The second-order valence-corrected chi connectivity index (χ2v) is 12.8. The van der Waals surface area contributed by atoms with E-state index < -0.39 is 45.8 Å². The summed E-state index contributed by atoms with van der Waals surface area (Å²) in [6.45, 7) is 4.54. The van der Waals surface area contributed by atoms with E-state index in [-0.39, 0.29) is 30.0 Å². The first-order valence-corrected chi connectivity index (χ1v) is 15.2. The molecule has 3 aromatic carbocycles. The Kier molecular flexibility index (Phi) is 10.6. The van der Waals surface area contributed by atoms with Gasteiger partial charge in [0.1, 0.15) is 18.4 Å². The number of benzene rings is 3. The fourth-order valence-electron chi connectivity index (χ4n) is 4.41. The first-order valence-electron chi connectivity index (χ1n) is 13.3. The maximum absolute atomic E-state index is 14.9. The minimum Gasteiger partial charge on any atom is -0.493 e. The zero-order valence-corrected chi connectivity index (χ0v) is 25.6. The van der Waals surface area contributed by atoms with Crippen molar-refractivity contribution < 1.29 is 31.9 Å². The van der Waals surface area contributed by atoms with Gasteiger partial charge in [-0.25, -0.2) is 12.8 Å². The van der Waals surface area contributed by atoms with Crippen LogP contribution in [-0.2, 0) is 32.6 Å². The molecule has 0 saturated carbocycles. The van der Waals surface area contributed by atoms with Crippen LogP contribution in [-0.4, -0.2) is 63.7 Å². The summed E-state index contributed by atoms with van der Waals surface area (Å²) in [7, 11) is -1.13. The summed E-state index contributed by atoms with van der Waals surface area (Å²) in [5.41, 5.74) is 0.493. The molecule has 0 unspecified atom stereocenters. The Morgan fingerprint density at radius 2 is 1.55 bits per heavy atom. The molecule has 9 nitrogen and oxygen atoms in total. The summed E-state index contributed by atoms with van der Waals surface area (Å²) in [5, 5.41) is 2.93. The van der Waals surface area contributed by atoms with Crippen molar-refractivity contribution in [2.45, 2.75) is 45.3 Å². The van der Waals surface area contributed by atoms with Crippen LogP contribution in [0, 0.1) is 5.82 Å². The Balaban J connectivity index is 2.11. The van der Waals surface area contributed by atoms with Gasteiger partial charge in [0.15, 0.2) is 11.5 Å². The third-order valence-electron chi connectivity index (χ3n) is 6.40. The molecule has 0 aliphatic heterocycles. The molecular formula is C31H38FN3O6S. The topological polar surface area (TPSA) is 105 Å². The molecule has 3 aromatic rings. The summed E-state index contributed by atoms with van der Waals surface area (Å²) >= 11 is 0. The van der Waals surface area contributed by atoms with E-state index in [0.29, 0.717) is 5.75 Å². The average molecular weight is 600 g/mol. The second kappa shape index (κ2) is 13.7. The van der Waals surface area contributed by atoms with Crippen LogP contribution in [0.2, 0.25) is 0 Å². The van der Waals surface area contributed by atoms with E-state index in [1.165, 1.54) is 55.5 Å². The fourth-order valence-corrected chi connectivity index (χ4v) is 5.25. The normalized spacial score (nSPS) is 12.3. The van der Waals surface area contributed by atoms with Gasteiger partial charge >= 0.3 is 0 Å². The number of ether oxygens (including phenoxy) is 2. The lowest BCUT2D eigenvalue weighted by Crippen LogP contribution is -2.56. The number of nitrogens with zero attached hydrogens (tertiary/aromatic N) is 2. The molecule has 0 radical (unpaired) electrons. The average Bonchev–Trinajstić information content (AvgIpc) is 2.93. The van der Waals surface area contributed by atoms with E-state index in [0.717, 1.165) is 16.1 Å². The van der Waals surface area contributed by atoms with E-state index in [1.807, 2.05) is 51.1 Å². The van der Waals surface area contributed by atoms with Gasteiger partial charge in [-0.1, -0.05) is 48.5 Å². The Morgan fingerprint density at radius 1 is 0.929 bits per heavy atom. The molecule has 0 aromatic heterocycles. The lowest BCUT2D eigenvalue weighted by Gasteiger charge is -2.35. The Bertz CT molecular complexity index is 1490. The van der Waals surface area contributed by atoms with Crippen LogP contribution >= 0.6 is 0 Å². The van der Waals surface area contributed by atoms with Crippen molar-refractivity contribution in [2.24, 2.45) is 0 Å². The van der Waals surface area contributed by atoms with Crippen molar-refractivity contribution in [3.8, 4) is 11.5 Å². The minimum absolute atomic E-state index is 0.123. The number of halogens is 1. The summed E-state index contributed by atoms with van der Waals surface area (Å²) in [6, 6.07) is 18.5. The van der Waals surface area contributed by atoms with Crippen molar-refractivity contribution in [2.75, 3.05) is 31.3 Å². The molecule has 0 heterocycles. The van der Waals surface area contributed by atoms with Crippen molar-refractivity contribution >= 4 is 27.5 Å². The van der Waals surface area contributed by atoms with E-state index >= 15 is 0 Å². The lowest BCUT2D eigenvalue weighted by atomic mass is 10.0. The number of hydrogen-bond donors (Lipinski definition) is 1. The molecule has 0 aliphatic rings. The number of amides is 2. The van der Waals surface area contributed by atoms with E-state index in [4.69, 9.17) is 9.47 Å². The number of anilines is 1. The highest BCUT2D eigenvalue weighted by atomic mass is 32.2. The Labute approximate surface area is 247 Å². The number of carbonyl (C=O) groups excluding carboxylic acids is 2. The molecule has 226 valence electrons. The molecule has 2 amide bonds. The standard InChI is InChI=1S/C31H38FN3O6S/c1-31(2,3)33-30(37)26(18-22-12-8-7-9-13-22)34(20-23-14-10-11-15-25(23)32)29(36)21-35(42(6,38)39)24-16-17-27(40-4)28(19-24)41-5/h7-17,19,26H,18,20-21H2,1-6H3,(H,33,37)/t26-/m1/s1. The van der Waals surface area contributed by atoms with Gasteiger partial charge in [-0.05, 0) is 44.5 Å². The van der Waals surface area contributed by atoms with Crippen molar-refractivity contribution in [1.29, 1.82) is 0 Å². The molecule has 1 atom stereocenters. The molecule has 42 heavy (non-hydrogen) atoms. The smallest absolute Gasteiger partial charge is 0.244 e. The van der Waals surface area contributed by atoms with Gasteiger partial charge in [0.05, 0.1) is 26.2 Å². The highest BCUT2D eigenvalue weighted by molar-refractivity contribution is 7.92. The van der Waals surface area contributed by atoms with Gasteiger partial charge < -0.3 is 19.7 Å². The third kappa shape index (κ3) is 8.69. The Hall–Kier alpha value is -4.12. The second-order valence-electron chi connectivity index (χ2n) is 10.9. The lowest BCUT2D eigenvalue weighted by molar-refractivity contribution is -0.140. The van der Waals surface area contributed by atoms with Gasteiger partial charge in [0.2, 0.25) is 21.8 Å². The number of carbonyl (C=O) groups is 2. The summed E-state index contributed by atoms with van der Waals surface area (Å²) < 4.78 is 52.4. The molecule has 3 rings (SSSR count). The SMILES string of the molecule is COc1ccc(N(CC(=O)N(Cc2ccccc2F)[C@H](Cc2ccccc2)C(=O)NC(C)(C)C)S(C)(=O)=O)cc1OC. The number of methoxy groups -OCH3 is 2. The Morgan fingerprint density at radius 3 is 2.12 bits per heavy atom. The van der Waals surface area contributed by atoms with Gasteiger partial charge in [0, 0.05) is 30.1 Å². The van der Waals surface area contributed by atoms with Gasteiger partial charge in [-0.2, -0.15) is 0 Å². The molecule has 1 N–H and O–H groups in total. The highest BCUT2D eigenvalue weighted by Gasteiger charge is 2.35. The largest absolute Gasteiger partial charge is 0.493 e. The number of sulfonamides is 1. The van der Waals surface area contributed by atoms with E-state index in [2.05, 4.69) is 5.32 Å². The van der Waals surface area contributed by atoms with Crippen molar-refractivity contribution in [1.82, 2.24) is 10.2 Å². The predicted octanol–water partition coefficient (Wildman–Crippen LogP) is 4.16. The monoisotopic (exact) mass is 599 g/mol. The van der Waals surface area contributed by atoms with Gasteiger partial charge in [-0.3, -0.25) is 13.9 Å². The fraction of sp³-hybridized carbons (Fsp3) is 0.355. The maximum Gasteiger partial charge on any atom is 0.244 e. The van der Waals surface area contributed by atoms with Gasteiger partial charge in [-0.15, -0.1) is 0 Å². The van der Waals surface area contributed by atoms with Crippen molar-refractivity contribution in [3.63, 3.8) is 0 Å². The van der Waals surface area contributed by atoms with Crippen LogP contribution in [0.15, 0.2) is 72.8 Å². The van der Waals surface area contributed by atoms with Crippen LogP contribution in [0.5, 0.6) is 11.5 Å². The quantitative estimate of drug-likeness (QED) is 0.335. The van der Waals surface area contributed by atoms with E-state index in [1.54, 1.807) is 6.07 Å². The summed E-state index contributed by atoms with van der Waals surface area (Å²) in [4.78, 5) is 29.1. The van der Waals surface area contributed by atoms with Crippen LogP contribution in [0.25, 0.3) is 0 Å². The van der Waals surface area contributed by atoms with Crippen molar-refractivity contribution in [3.05, 3.63) is 89.7 Å². The maximum atomic E-state index is 14.9. The number of nitrogens with one attached hydrogen (secondary N) is 1. The molecule has 0 spiro atoms. The zero-order chi connectivity index (χ0) is 31.1. The molecule has 11 heteroatoms. The predicted molar refractivity (Wildman–Crippen MR) is 161 cm³/mol. The van der Waals surface area contributed by atoms with Gasteiger partial charge in [0.25, 0.3) is 0 Å². The summed E-state index contributed by atoms with van der Waals surface area (Å²) in [5.74, 6) is -1.05.